The molecular formula is C26H38N4O3. The maximum atomic E-state index is 13.1. The number of carbonyl (C=O) groups excluding carboxylic acids is 2. The molecule has 7 nitrogen and oxygen atoms in total. The summed E-state index contributed by atoms with van der Waals surface area (Å²) in [5.74, 6) is -0.525. The number of hydrogen-bond donors (Lipinski definition) is 2. The number of amides is 2. The Morgan fingerprint density at radius 1 is 0.848 bits per heavy atom. The predicted octanol–water partition coefficient (Wildman–Crippen LogP) is 3.30. The van der Waals surface area contributed by atoms with Gasteiger partial charge in [-0.1, -0.05) is 26.0 Å². The van der Waals surface area contributed by atoms with Gasteiger partial charge in [0.25, 0.3) is 11.8 Å². The van der Waals surface area contributed by atoms with Gasteiger partial charge in [0.2, 0.25) is 0 Å². The molecule has 2 amide bonds. The third-order valence-corrected chi connectivity index (χ3v) is 6.54. The molecule has 1 aliphatic heterocycles. The number of unbranched alkanes of at least 4 members (excludes halogenated alkanes) is 1. The molecule has 180 valence electrons. The van der Waals surface area contributed by atoms with Gasteiger partial charge in [-0.2, -0.15) is 0 Å². The van der Waals surface area contributed by atoms with Crippen LogP contribution in [0.5, 0.6) is 5.75 Å². The fraction of sp³-hybridized carbons (Fsp3) is 0.538. The second kappa shape index (κ2) is 12.1. The minimum atomic E-state index is -0.320. The molecule has 0 saturated carbocycles. The van der Waals surface area contributed by atoms with Crippen LogP contribution in [0.4, 0.5) is 0 Å². The van der Waals surface area contributed by atoms with Crippen LogP contribution in [0.1, 0.15) is 60.2 Å². The zero-order valence-electron chi connectivity index (χ0n) is 20.1. The molecule has 0 radical (unpaired) electrons. The van der Waals surface area contributed by atoms with Gasteiger partial charge >= 0.3 is 0 Å². The highest BCUT2D eigenvalue weighted by Gasteiger charge is 2.32. The number of imide groups is 1. The summed E-state index contributed by atoms with van der Waals surface area (Å²) in [5, 5.41) is 11.4. The molecule has 0 spiro atoms. The van der Waals surface area contributed by atoms with Crippen molar-refractivity contribution in [1.29, 1.82) is 0 Å². The fourth-order valence-electron chi connectivity index (χ4n) is 4.64. The summed E-state index contributed by atoms with van der Waals surface area (Å²) in [4.78, 5) is 32.3. The van der Waals surface area contributed by atoms with E-state index in [0.717, 1.165) is 71.5 Å². The minimum absolute atomic E-state index is 0.0409. The Kier molecular flexibility index (Phi) is 9.23. The first-order valence-electron chi connectivity index (χ1n) is 12.3. The molecule has 0 atom stereocenters. The SMILES string of the molecule is CCN(CCCN)CCCCN(CC)CCCN1C(=O)c2cccc3cc(O)cc(c23)C1=O. The lowest BCUT2D eigenvalue weighted by Gasteiger charge is -2.28. The number of rotatable bonds is 14. The van der Waals surface area contributed by atoms with Crippen LogP contribution in [0.2, 0.25) is 0 Å². The van der Waals surface area contributed by atoms with E-state index in [2.05, 4.69) is 23.6 Å². The second-order valence-corrected chi connectivity index (χ2v) is 8.73. The van der Waals surface area contributed by atoms with Gasteiger partial charge < -0.3 is 20.6 Å². The summed E-state index contributed by atoms with van der Waals surface area (Å²) in [5.41, 5.74) is 6.56. The molecule has 0 aliphatic carbocycles. The lowest BCUT2D eigenvalue weighted by Crippen LogP contribution is -2.42. The molecular weight excluding hydrogens is 416 g/mol. The third kappa shape index (κ3) is 6.10. The number of aromatic hydroxyl groups is 1. The maximum absolute atomic E-state index is 13.1. The number of phenols is 1. The number of benzene rings is 2. The highest BCUT2D eigenvalue weighted by Crippen LogP contribution is 2.33. The van der Waals surface area contributed by atoms with E-state index >= 15 is 0 Å². The lowest BCUT2D eigenvalue weighted by atomic mass is 9.93. The largest absolute Gasteiger partial charge is 0.508 e. The van der Waals surface area contributed by atoms with Gasteiger partial charge in [-0.25, -0.2) is 0 Å². The quantitative estimate of drug-likeness (QED) is 0.336. The van der Waals surface area contributed by atoms with Crippen LogP contribution in [-0.2, 0) is 0 Å². The van der Waals surface area contributed by atoms with E-state index in [0.29, 0.717) is 28.4 Å². The van der Waals surface area contributed by atoms with Gasteiger partial charge in [-0.15, -0.1) is 0 Å². The van der Waals surface area contributed by atoms with Gasteiger partial charge in [-0.3, -0.25) is 14.5 Å². The first kappa shape index (κ1) is 25.1. The molecule has 3 rings (SSSR count). The highest BCUT2D eigenvalue weighted by molar-refractivity contribution is 6.25. The molecule has 0 aromatic heterocycles. The molecule has 1 aliphatic rings. The van der Waals surface area contributed by atoms with Gasteiger partial charge in [-0.05, 0) is 95.1 Å². The van der Waals surface area contributed by atoms with Crippen molar-refractivity contribution < 1.29 is 14.7 Å². The molecule has 1 heterocycles. The molecule has 2 aromatic rings. The van der Waals surface area contributed by atoms with E-state index in [1.807, 2.05) is 6.07 Å². The molecule has 33 heavy (non-hydrogen) atoms. The molecule has 0 saturated heterocycles. The maximum Gasteiger partial charge on any atom is 0.261 e. The molecule has 0 bridgehead atoms. The van der Waals surface area contributed by atoms with Gasteiger partial charge in [0.05, 0.1) is 5.56 Å². The van der Waals surface area contributed by atoms with Crippen LogP contribution in [0, 0.1) is 0 Å². The first-order chi connectivity index (χ1) is 16.0. The Balaban J connectivity index is 1.51. The number of nitrogens with two attached hydrogens (primary N) is 1. The second-order valence-electron chi connectivity index (χ2n) is 8.73. The third-order valence-electron chi connectivity index (χ3n) is 6.54. The smallest absolute Gasteiger partial charge is 0.261 e. The van der Waals surface area contributed by atoms with Gasteiger partial charge in [0.1, 0.15) is 5.75 Å². The topological polar surface area (TPSA) is 90.1 Å². The van der Waals surface area contributed by atoms with Crippen molar-refractivity contribution in [1.82, 2.24) is 14.7 Å². The average molecular weight is 455 g/mol. The van der Waals surface area contributed by atoms with E-state index in [9.17, 15) is 14.7 Å². The van der Waals surface area contributed by atoms with Crippen molar-refractivity contribution in [2.45, 2.75) is 39.5 Å². The van der Waals surface area contributed by atoms with Gasteiger partial charge in [0, 0.05) is 17.5 Å². The van der Waals surface area contributed by atoms with Crippen LogP contribution in [0.3, 0.4) is 0 Å². The van der Waals surface area contributed by atoms with Gasteiger partial charge in [0.15, 0.2) is 0 Å². The Morgan fingerprint density at radius 3 is 2.09 bits per heavy atom. The number of phenolic OH excluding ortho intramolecular Hbond substituents is 1. The lowest BCUT2D eigenvalue weighted by molar-refractivity contribution is 0.0603. The van der Waals surface area contributed by atoms with Crippen molar-refractivity contribution in [2.75, 3.05) is 52.4 Å². The van der Waals surface area contributed by atoms with Crippen molar-refractivity contribution >= 4 is 22.6 Å². The van der Waals surface area contributed by atoms with E-state index in [1.165, 1.54) is 11.0 Å². The Bertz CT molecular complexity index is 962. The predicted molar refractivity (Wildman–Crippen MR) is 133 cm³/mol. The summed E-state index contributed by atoms with van der Waals surface area (Å²) in [6.45, 7) is 11.5. The Morgan fingerprint density at radius 2 is 1.45 bits per heavy atom. The van der Waals surface area contributed by atoms with E-state index in [4.69, 9.17) is 5.73 Å². The summed E-state index contributed by atoms with van der Waals surface area (Å²) in [7, 11) is 0. The molecule has 2 aromatic carbocycles. The molecule has 7 heteroatoms. The van der Waals surface area contributed by atoms with E-state index in [1.54, 1.807) is 18.2 Å². The summed E-state index contributed by atoms with van der Waals surface area (Å²) in [6.07, 6.45) is 4.06. The normalized spacial score (nSPS) is 13.7. The average Bonchev–Trinajstić information content (AvgIpc) is 2.82. The standard InChI is InChI=1S/C26H38N4O3/c1-3-28(15-8-12-27)13-5-6-14-29(4-2)16-9-17-30-25(32)22-11-7-10-20-18-21(31)19-23(24(20)22)26(30)33/h7,10-11,18-19,31H,3-6,8-9,12-17,27H2,1-2H3. The number of carbonyl (C=O) groups is 2. The monoisotopic (exact) mass is 454 g/mol. The Labute approximate surface area is 197 Å². The van der Waals surface area contributed by atoms with Crippen molar-refractivity contribution in [3.8, 4) is 5.75 Å². The van der Waals surface area contributed by atoms with Crippen molar-refractivity contribution in [3.63, 3.8) is 0 Å². The van der Waals surface area contributed by atoms with E-state index < -0.39 is 0 Å². The van der Waals surface area contributed by atoms with Crippen LogP contribution in [-0.4, -0.2) is 84.0 Å². The molecule has 0 fully saturated rings. The Hall–Kier alpha value is -2.48. The number of nitrogens with zero attached hydrogens (tertiary/aromatic N) is 3. The molecule has 3 N–H and O–H groups in total. The zero-order chi connectivity index (χ0) is 23.8. The summed E-state index contributed by atoms with van der Waals surface area (Å²) >= 11 is 0. The number of hydrogen-bond acceptors (Lipinski definition) is 6. The van der Waals surface area contributed by atoms with Crippen LogP contribution < -0.4 is 5.73 Å². The highest BCUT2D eigenvalue weighted by atomic mass is 16.3. The summed E-state index contributed by atoms with van der Waals surface area (Å²) in [6, 6.07) is 8.43. The fourth-order valence-corrected chi connectivity index (χ4v) is 4.64. The van der Waals surface area contributed by atoms with Crippen LogP contribution >= 0.6 is 0 Å². The van der Waals surface area contributed by atoms with E-state index in [-0.39, 0.29) is 17.6 Å². The minimum Gasteiger partial charge on any atom is -0.508 e. The first-order valence-corrected chi connectivity index (χ1v) is 12.3. The van der Waals surface area contributed by atoms with Crippen molar-refractivity contribution in [2.24, 2.45) is 5.73 Å². The zero-order valence-corrected chi connectivity index (χ0v) is 20.1. The van der Waals surface area contributed by atoms with Crippen LogP contribution in [0.25, 0.3) is 10.8 Å². The van der Waals surface area contributed by atoms with Crippen molar-refractivity contribution in [3.05, 3.63) is 41.5 Å². The van der Waals surface area contributed by atoms with Crippen LogP contribution in [0.15, 0.2) is 30.3 Å². The summed E-state index contributed by atoms with van der Waals surface area (Å²) < 4.78 is 0. The molecule has 0 unspecified atom stereocenters.